The van der Waals surface area contributed by atoms with Crippen molar-refractivity contribution in [2.75, 3.05) is 6.61 Å². The Morgan fingerprint density at radius 2 is 2.33 bits per heavy atom. The lowest BCUT2D eigenvalue weighted by atomic mass is 9.90. The molecule has 2 rings (SSSR count). The fourth-order valence-electron chi connectivity index (χ4n) is 1.86. The highest BCUT2D eigenvalue weighted by Crippen LogP contribution is 2.26. The Labute approximate surface area is 107 Å². The van der Waals surface area contributed by atoms with Gasteiger partial charge in [0.1, 0.15) is 6.10 Å². The van der Waals surface area contributed by atoms with Crippen LogP contribution in [-0.2, 0) is 9.53 Å². The number of aromatic nitrogens is 2. The third-order valence-corrected chi connectivity index (χ3v) is 2.95. The van der Waals surface area contributed by atoms with Gasteiger partial charge in [-0.2, -0.15) is 5.10 Å². The smallest absolute Gasteiger partial charge is 0.169 e. The van der Waals surface area contributed by atoms with Crippen LogP contribution < -0.4 is 4.74 Å². The number of carbonyl (C=O) groups excluding carboxylic acids is 1. The Hall–Kier alpha value is -1.36. The molecule has 0 bridgehead atoms. The SMILES string of the molecule is CCCOC1C(=O)CC1Oc1cnn(C(C)C)c1. The average molecular weight is 252 g/mol. The summed E-state index contributed by atoms with van der Waals surface area (Å²) in [7, 11) is 0. The monoisotopic (exact) mass is 252 g/mol. The summed E-state index contributed by atoms with van der Waals surface area (Å²) in [5, 5.41) is 4.20. The second-order valence-corrected chi connectivity index (χ2v) is 4.87. The highest BCUT2D eigenvalue weighted by Gasteiger charge is 2.42. The highest BCUT2D eigenvalue weighted by molar-refractivity contribution is 5.90. The second kappa shape index (κ2) is 5.52. The van der Waals surface area contributed by atoms with Crippen LogP contribution >= 0.6 is 0 Å². The molecule has 1 heterocycles. The van der Waals surface area contributed by atoms with Crippen molar-refractivity contribution in [2.24, 2.45) is 0 Å². The molecule has 1 saturated carbocycles. The Morgan fingerprint density at radius 3 is 2.89 bits per heavy atom. The molecule has 0 saturated heterocycles. The van der Waals surface area contributed by atoms with Crippen molar-refractivity contribution in [2.45, 2.75) is 51.9 Å². The summed E-state index contributed by atoms with van der Waals surface area (Å²) < 4.78 is 13.0. The van der Waals surface area contributed by atoms with Crippen LogP contribution in [0.5, 0.6) is 5.75 Å². The predicted octanol–water partition coefficient (Wildman–Crippen LogP) is 1.98. The molecule has 100 valence electrons. The Kier molecular flexibility index (Phi) is 4.01. The van der Waals surface area contributed by atoms with Crippen LogP contribution in [0.2, 0.25) is 0 Å². The molecule has 0 amide bonds. The van der Waals surface area contributed by atoms with Crippen LogP contribution in [0.4, 0.5) is 0 Å². The minimum Gasteiger partial charge on any atom is -0.483 e. The zero-order valence-corrected chi connectivity index (χ0v) is 11.1. The molecule has 1 fully saturated rings. The van der Waals surface area contributed by atoms with Crippen LogP contribution in [0.3, 0.4) is 0 Å². The van der Waals surface area contributed by atoms with Gasteiger partial charge in [0.2, 0.25) is 0 Å². The summed E-state index contributed by atoms with van der Waals surface area (Å²) in [5.74, 6) is 0.830. The van der Waals surface area contributed by atoms with Gasteiger partial charge < -0.3 is 9.47 Å². The van der Waals surface area contributed by atoms with E-state index in [0.717, 1.165) is 6.42 Å². The first-order valence-corrected chi connectivity index (χ1v) is 6.47. The highest BCUT2D eigenvalue weighted by atomic mass is 16.5. The summed E-state index contributed by atoms with van der Waals surface area (Å²) in [6, 6.07) is 0.303. The van der Waals surface area contributed by atoms with Gasteiger partial charge in [-0.1, -0.05) is 6.92 Å². The van der Waals surface area contributed by atoms with Crippen LogP contribution in [0.15, 0.2) is 12.4 Å². The fraction of sp³-hybridized carbons (Fsp3) is 0.692. The molecule has 5 nitrogen and oxygen atoms in total. The third-order valence-electron chi connectivity index (χ3n) is 2.95. The number of hydrogen-bond acceptors (Lipinski definition) is 4. The largest absolute Gasteiger partial charge is 0.483 e. The Bertz CT molecular complexity index is 414. The zero-order chi connectivity index (χ0) is 13.1. The molecule has 0 N–H and O–H groups in total. The molecule has 0 spiro atoms. The molecule has 0 aliphatic heterocycles. The van der Waals surface area contributed by atoms with Gasteiger partial charge in [0.15, 0.2) is 17.6 Å². The summed E-state index contributed by atoms with van der Waals surface area (Å²) in [4.78, 5) is 11.4. The number of carbonyl (C=O) groups is 1. The van der Waals surface area contributed by atoms with Crippen LogP contribution in [0.25, 0.3) is 0 Å². The Balaban J connectivity index is 1.90. The molecule has 0 radical (unpaired) electrons. The topological polar surface area (TPSA) is 53.4 Å². The van der Waals surface area contributed by atoms with Crippen LogP contribution in [0, 0.1) is 0 Å². The maximum atomic E-state index is 11.4. The molecule has 18 heavy (non-hydrogen) atoms. The minimum absolute atomic E-state index is 0.129. The molecule has 1 aromatic rings. The number of Topliss-reactive ketones (excluding diaryl/α,β-unsaturated/α-hetero) is 1. The van der Waals surface area contributed by atoms with E-state index >= 15 is 0 Å². The van der Waals surface area contributed by atoms with E-state index < -0.39 is 6.10 Å². The van der Waals surface area contributed by atoms with Crippen LogP contribution in [0.1, 0.15) is 39.7 Å². The van der Waals surface area contributed by atoms with Gasteiger partial charge >= 0.3 is 0 Å². The van der Waals surface area contributed by atoms with E-state index in [4.69, 9.17) is 9.47 Å². The zero-order valence-electron chi connectivity index (χ0n) is 11.1. The molecule has 5 heteroatoms. The Morgan fingerprint density at radius 1 is 1.56 bits per heavy atom. The van der Waals surface area contributed by atoms with Gasteiger partial charge in [-0.3, -0.25) is 9.48 Å². The maximum Gasteiger partial charge on any atom is 0.169 e. The third kappa shape index (κ3) is 2.72. The maximum absolute atomic E-state index is 11.4. The van der Waals surface area contributed by atoms with E-state index in [-0.39, 0.29) is 11.9 Å². The average Bonchev–Trinajstić information content (AvgIpc) is 2.77. The number of ketones is 1. The molecule has 1 aromatic heterocycles. The molecule has 1 aliphatic rings. The van der Waals surface area contributed by atoms with Crippen molar-refractivity contribution in [3.8, 4) is 5.75 Å². The molecular weight excluding hydrogens is 232 g/mol. The lowest BCUT2D eigenvalue weighted by Crippen LogP contribution is -2.52. The predicted molar refractivity (Wildman–Crippen MR) is 66.7 cm³/mol. The fourth-order valence-corrected chi connectivity index (χ4v) is 1.86. The van der Waals surface area contributed by atoms with Crippen molar-refractivity contribution in [3.63, 3.8) is 0 Å². The van der Waals surface area contributed by atoms with E-state index in [0.29, 0.717) is 24.8 Å². The minimum atomic E-state index is -0.396. The van der Waals surface area contributed by atoms with E-state index in [1.54, 1.807) is 6.20 Å². The first-order valence-electron chi connectivity index (χ1n) is 6.47. The van der Waals surface area contributed by atoms with Crippen LogP contribution in [-0.4, -0.2) is 34.4 Å². The molecule has 2 atom stereocenters. The quantitative estimate of drug-likeness (QED) is 0.776. The molecule has 1 aliphatic carbocycles. The lowest BCUT2D eigenvalue weighted by molar-refractivity contribution is -0.154. The first kappa shape index (κ1) is 13.1. The van der Waals surface area contributed by atoms with Gasteiger partial charge in [-0.25, -0.2) is 0 Å². The van der Waals surface area contributed by atoms with Crippen molar-refractivity contribution < 1.29 is 14.3 Å². The molecule has 2 unspecified atom stereocenters. The lowest BCUT2D eigenvalue weighted by Gasteiger charge is -2.34. The van der Waals surface area contributed by atoms with Gasteiger partial charge in [0.05, 0.1) is 12.4 Å². The van der Waals surface area contributed by atoms with E-state index in [1.807, 2.05) is 17.8 Å². The van der Waals surface area contributed by atoms with Crippen molar-refractivity contribution >= 4 is 5.78 Å². The summed E-state index contributed by atoms with van der Waals surface area (Å²) in [6.07, 6.45) is 4.31. The van der Waals surface area contributed by atoms with Crippen molar-refractivity contribution in [1.82, 2.24) is 9.78 Å². The number of rotatable bonds is 6. The van der Waals surface area contributed by atoms with Gasteiger partial charge in [0, 0.05) is 19.1 Å². The van der Waals surface area contributed by atoms with Crippen molar-refractivity contribution in [1.29, 1.82) is 0 Å². The van der Waals surface area contributed by atoms with Gasteiger partial charge in [-0.05, 0) is 20.3 Å². The number of nitrogens with zero attached hydrogens (tertiary/aromatic N) is 2. The van der Waals surface area contributed by atoms with Gasteiger partial charge in [0.25, 0.3) is 0 Å². The molecule has 0 aromatic carbocycles. The number of ether oxygens (including phenoxy) is 2. The summed E-state index contributed by atoms with van der Waals surface area (Å²) >= 11 is 0. The first-order chi connectivity index (χ1) is 8.61. The van der Waals surface area contributed by atoms with E-state index in [9.17, 15) is 4.79 Å². The molecular formula is C13H20N2O3. The van der Waals surface area contributed by atoms with Crippen molar-refractivity contribution in [3.05, 3.63) is 12.4 Å². The summed E-state index contributed by atoms with van der Waals surface area (Å²) in [6.45, 7) is 6.72. The second-order valence-electron chi connectivity index (χ2n) is 4.87. The van der Waals surface area contributed by atoms with E-state index in [2.05, 4.69) is 18.9 Å². The standard InChI is InChI=1S/C13H20N2O3/c1-4-5-17-13-11(16)6-12(13)18-10-7-14-15(8-10)9(2)3/h7-9,12-13H,4-6H2,1-3H3. The summed E-state index contributed by atoms with van der Waals surface area (Å²) in [5.41, 5.74) is 0. The van der Waals surface area contributed by atoms with Gasteiger partial charge in [-0.15, -0.1) is 0 Å². The number of hydrogen-bond donors (Lipinski definition) is 0. The van der Waals surface area contributed by atoms with E-state index in [1.165, 1.54) is 0 Å². The normalized spacial score (nSPS) is 23.2.